The first-order chi connectivity index (χ1) is 15.9. The average molecular weight is 452 g/mol. The molecule has 2 N–H and O–H groups in total. The zero-order valence-corrected chi connectivity index (χ0v) is 19.6. The number of hydrogen-bond donors (Lipinski definition) is 2. The number of benzene rings is 2. The van der Waals surface area contributed by atoms with Crippen molar-refractivity contribution in [2.75, 3.05) is 14.2 Å². The van der Waals surface area contributed by atoms with E-state index in [0.29, 0.717) is 30.1 Å². The summed E-state index contributed by atoms with van der Waals surface area (Å²) in [5.74, 6) is 2.64. The second-order valence-electron chi connectivity index (χ2n) is 9.99. The van der Waals surface area contributed by atoms with Gasteiger partial charge in [0, 0.05) is 5.56 Å². The summed E-state index contributed by atoms with van der Waals surface area (Å²) in [6.07, 6.45) is 4.52. The van der Waals surface area contributed by atoms with E-state index in [1.54, 1.807) is 20.3 Å². The van der Waals surface area contributed by atoms with Crippen LogP contribution in [0.4, 0.5) is 0 Å². The molecule has 0 aliphatic heterocycles. The lowest BCUT2D eigenvalue weighted by atomic mass is 9.55. The summed E-state index contributed by atoms with van der Waals surface area (Å²) in [6, 6.07) is 11.5. The normalized spacial score (nSPS) is 31.5. The summed E-state index contributed by atoms with van der Waals surface area (Å²) in [4.78, 5) is 5.81. The molecule has 3 aliphatic carbocycles. The molecular weight excluding hydrogens is 418 g/mol. The van der Waals surface area contributed by atoms with Crippen LogP contribution in [0.3, 0.4) is 0 Å². The van der Waals surface area contributed by atoms with Crippen LogP contribution in [0.5, 0.6) is 17.2 Å². The van der Waals surface area contributed by atoms with Gasteiger partial charge in [0.1, 0.15) is 12.4 Å². The number of aliphatic hydroxyl groups excluding tert-OH is 1. The fraction of sp³-hybridized carbons (Fsp3) is 0.519. The highest BCUT2D eigenvalue weighted by atomic mass is 16.6. The molecule has 0 unspecified atom stereocenters. The number of fused-ring (bicyclic) bond motifs is 5. The lowest BCUT2D eigenvalue weighted by molar-refractivity contribution is -0.0180. The van der Waals surface area contributed by atoms with Crippen LogP contribution in [-0.4, -0.2) is 36.2 Å². The van der Waals surface area contributed by atoms with Gasteiger partial charge in [-0.3, -0.25) is 0 Å². The van der Waals surface area contributed by atoms with Crippen molar-refractivity contribution in [1.29, 1.82) is 0 Å². The van der Waals surface area contributed by atoms with Gasteiger partial charge in [0.2, 0.25) is 0 Å². The number of rotatable bonds is 5. The molecule has 2 aromatic carbocycles. The first-order valence-electron chi connectivity index (χ1n) is 11.9. The maximum atomic E-state index is 10.7. The monoisotopic (exact) mass is 451 g/mol. The Morgan fingerprint density at radius 1 is 1.06 bits per heavy atom. The Labute approximate surface area is 195 Å². The highest BCUT2D eigenvalue weighted by Crippen LogP contribution is 2.61. The van der Waals surface area contributed by atoms with Crippen molar-refractivity contribution in [3.63, 3.8) is 0 Å². The Kier molecular flexibility index (Phi) is 5.73. The van der Waals surface area contributed by atoms with E-state index >= 15 is 0 Å². The van der Waals surface area contributed by atoms with Crippen LogP contribution in [0.2, 0.25) is 0 Å². The number of aliphatic hydroxyl groups is 1. The largest absolute Gasteiger partial charge is 0.504 e. The predicted molar refractivity (Wildman–Crippen MR) is 126 cm³/mol. The first-order valence-corrected chi connectivity index (χ1v) is 11.9. The SMILES string of the molecule is COc1ccc(CO/N=C2\C[C@@H]3[C@H](CC[C@]4(C)[C@@H](O)CC[C@@H]34)c3cc(OC)c(O)cc32)cc1. The van der Waals surface area contributed by atoms with Crippen molar-refractivity contribution in [1.82, 2.24) is 0 Å². The smallest absolute Gasteiger partial charge is 0.160 e. The molecule has 0 radical (unpaired) electrons. The van der Waals surface area contributed by atoms with Gasteiger partial charge < -0.3 is 24.5 Å². The van der Waals surface area contributed by atoms with Crippen molar-refractivity contribution >= 4 is 5.71 Å². The molecule has 5 rings (SSSR count). The molecule has 0 aromatic heterocycles. The molecule has 33 heavy (non-hydrogen) atoms. The number of oxime groups is 1. The molecule has 6 nitrogen and oxygen atoms in total. The zero-order chi connectivity index (χ0) is 23.2. The number of aromatic hydroxyl groups is 1. The highest BCUT2D eigenvalue weighted by molar-refractivity contribution is 6.03. The van der Waals surface area contributed by atoms with Crippen molar-refractivity contribution in [3.8, 4) is 17.2 Å². The van der Waals surface area contributed by atoms with Crippen LogP contribution >= 0.6 is 0 Å². The number of phenolic OH excluding ortho intramolecular Hbond substituents is 1. The Hall–Kier alpha value is -2.73. The Balaban J connectivity index is 1.47. The second-order valence-corrected chi connectivity index (χ2v) is 9.99. The quantitative estimate of drug-likeness (QED) is 0.625. The van der Waals surface area contributed by atoms with Crippen molar-refractivity contribution < 1.29 is 24.5 Å². The summed E-state index contributed by atoms with van der Waals surface area (Å²) >= 11 is 0. The lowest BCUT2D eigenvalue weighted by Crippen LogP contribution is -2.45. The molecular formula is C27H33NO5. The lowest BCUT2D eigenvalue weighted by Gasteiger charge is -2.50. The van der Waals surface area contributed by atoms with Gasteiger partial charge in [0.15, 0.2) is 11.5 Å². The van der Waals surface area contributed by atoms with E-state index in [2.05, 4.69) is 12.1 Å². The Morgan fingerprint density at radius 3 is 2.58 bits per heavy atom. The fourth-order valence-electron chi connectivity index (χ4n) is 6.56. The maximum absolute atomic E-state index is 10.7. The third-order valence-corrected chi connectivity index (χ3v) is 8.44. The molecule has 0 heterocycles. The fourth-order valence-corrected chi connectivity index (χ4v) is 6.56. The van der Waals surface area contributed by atoms with E-state index in [4.69, 9.17) is 14.3 Å². The maximum Gasteiger partial charge on any atom is 0.160 e. The Morgan fingerprint density at radius 2 is 1.85 bits per heavy atom. The summed E-state index contributed by atoms with van der Waals surface area (Å²) < 4.78 is 10.7. The minimum absolute atomic E-state index is 0.0330. The van der Waals surface area contributed by atoms with E-state index < -0.39 is 0 Å². The third kappa shape index (κ3) is 3.74. The summed E-state index contributed by atoms with van der Waals surface area (Å²) in [6.45, 7) is 2.62. The van der Waals surface area contributed by atoms with E-state index in [0.717, 1.165) is 54.7 Å². The molecule has 2 fully saturated rings. The summed E-state index contributed by atoms with van der Waals surface area (Å²) in [7, 11) is 3.23. The molecule has 5 atom stereocenters. The van der Waals surface area contributed by atoms with Crippen LogP contribution in [0.25, 0.3) is 0 Å². The first kappa shape index (κ1) is 22.1. The van der Waals surface area contributed by atoms with Gasteiger partial charge in [-0.25, -0.2) is 0 Å². The van der Waals surface area contributed by atoms with E-state index in [9.17, 15) is 10.2 Å². The number of hydrogen-bond acceptors (Lipinski definition) is 6. The van der Waals surface area contributed by atoms with Gasteiger partial charge in [-0.05, 0) is 90.7 Å². The molecule has 176 valence electrons. The molecule has 2 saturated carbocycles. The molecule has 0 saturated heterocycles. The van der Waals surface area contributed by atoms with E-state index in [1.165, 1.54) is 5.56 Å². The number of nitrogens with zero attached hydrogens (tertiary/aromatic N) is 1. The molecule has 2 aromatic rings. The van der Waals surface area contributed by atoms with E-state index in [1.807, 2.05) is 30.3 Å². The molecule has 0 bridgehead atoms. The average Bonchev–Trinajstić information content (AvgIpc) is 3.13. The topological polar surface area (TPSA) is 80.5 Å². The van der Waals surface area contributed by atoms with Crippen molar-refractivity contribution in [2.24, 2.45) is 22.4 Å². The predicted octanol–water partition coefficient (Wildman–Crippen LogP) is 5.00. The molecule has 3 aliphatic rings. The number of ether oxygens (including phenoxy) is 2. The van der Waals surface area contributed by atoms with E-state index in [-0.39, 0.29) is 17.3 Å². The van der Waals surface area contributed by atoms with Gasteiger partial charge in [0.05, 0.1) is 26.0 Å². The van der Waals surface area contributed by atoms with Gasteiger partial charge in [-0.1, -0.05) is 24.2 Å². The van der Waals surface area contributed by atoms with Crippen LogP contribution in [0.1, 0.15) is 61.6 Å². The molecule has 6 heteroatoms. The van der Waals surface area contributed by atoms with Crippen LogP contribution in [-0.2, 0) is 11.4 Å². The van der Waals surface area contributed by atoms with Crippen LogP contribution in [0, 0.1) is 17.3 Å². The minimum atomic E-state index is -0.231. The van der Waals surface area contributed by atoms with Crippen molar-refractivity contribution in [2.45, 2.75) is 57.7 Å². The third-order valence-electron chi connectivity index (χ3n) is 8.44. The van der Waals surface area contributed by atoms with Crippen molar-refractivity contribution in [3.05, 3.63) is 53.1 Å². The minimum Gasteiger partial charge on any atom is -0.504 e. The van der Waals surface area contributed by atoms with Gasteiger partial charge in [-0.15, -0.1) is 0 Å². The number of methoxy groups -OCH3 is 2. The summed E-state index contributed by atoms with van der Waals surface area (Å²) in [5, 5.41) is 25.8. The summed E-state index contributed by atoms with van der Waals surface area (Å²) in [5.41, 5.74) is 3.97. The van der Waals surface area contributed by atoms with Gasteiger partial charge >= 0.3 is 0 Å². The molecule has 0 spiro atoms. The van der Waals surface area contributed by atoms with Crippen LogP contribution in [0.15, 0.2) is 41.6 Å². The van der Waals surface area contributed by atoms with Gasteiger partial charge in [-0.2, -0.15) is 0 Å². The zero-order valence-electron chi connectivity index (χ0n) is 19.6. The second kappa shape index (κ2) is 8.56. The Bertz CT molecular complexity index is 1050. The van der Waals surface area contributed by atoms with Crippen LogP contribution < -0.4 is 9.47 Å². The highest BCUT2D eigenvalue weighted by Gasteiger charge is 2.55. The number of phenols is 1. The van der Waals surface area contributed by atoms with Gasteiger partial charge in [0.25, 0.3) is 0 Å². The standard InChI is InChI=1S/C27H33NO5/c1-27-11-10-18-19-14-25(32-3)24(29)13-21(19)23(12-20(18)22(27)8-9-26(27)30)28-33-15-16-4-6-17(31-2)7-5-16/h4-7,13-14,18,20,22,26,29-30H,8-12,15H2,1-3H3/b28-23+/t18-,20-,22+,26+,27+/m1/s1. The molecule has 0 amide bonds.